The van der Waals surface area contributed by atoms with Crippen molar-refractivity contribution >= 4 is 17.4 Å². The van der Waals surface area contributed by atoms with Crippen LogP contribution in [0.3, 0.4) is 0 Å². The summed E-state index contributed by atoms with van der Waals surface area (Å²) in [6, 6.07) is 11.9. The predicted molar refractivity (Wildman–Crippen MR) is 105 cm³/mol. The fourth-order valence-electron chi connectivity index (χ4n) is 3.68. The molecule has 1 amide bonds. The van der Waals surface area contributed by atoms with Gasteiger partial charge in [0.15, 0.2) is 11.5 Å². The van der Waals surface area contributed by atoms with Crippen LogP contribution in [0, 0.1) is 0 Å². The molecule has 27 heavy (non-hydrogen) atoms. The van der Waals surface area contributed by atoms with E-state index in [1.165, 1.54) is 5.69 Å². The maximum Gasteiger partial charge on any atom is 0.274 e. The van der Waals surface area contributed by atoms with Crippen molar-refractivity contribution in [2.45, 2.75) is 12.8 Å². The van der Waals surface area contributed by atoms with Gasteiger partial charge in [0, 0.05) is 45.0 Å². The van der Waals surface area contributed by atoms with E-state index in [-0.39, 0.29) is 5.91 Å². The van der Waals surface area contributed by atoms with Crippen LogP contribution < -0.4 is 14.5 Å². The molecule has 0 unspecified atom stereocenters. The Morgan fingerprint density at radius 2 is 1.52 bits per heavy atom. The quantitative estimate of drug-likeness (QED) is 0.824. The van der Waals surface area contributed by atoms with Crippen LogP contribution in [-0.2, 0) is 0 Å². The maximum absolute atomic E-state index is 12.4. The van der Waals surface area contributed by atoms with Gasteiger partial charge in [-0.15, -0.1) is 10.2 Å². The van der Waals surface area contributed by atoms with Crippen LogP contribution in [0.15, 0.2) is 36.4 Å². The Hall–Kier alpha value is -2.83. The van der Waals surface area contributed by atoms with E-state index in [1.807, 2.05) is 23.1 Å². The number of methoxy groups -OCH3 is 1. The fraction of sp³-hybridized carbons (Fsp3) is 0.450. The Morgan fingerprint density at radius 1 is 0.852 bits per heavy atom. The molecule has 0 saturated carbocycles. The molecule has 1 aromatic carbocycles. The maximum atomic E-state index is 12.4. The topological polar surface area (TPSA) is 61.8 Å². The van der Waals surface area contributed by atoms with E-state index in [0.29, 0.717) is 5.69 Å². The smallest absolute Gasteiger partial charge is 0.274 e. The summed E-state index contributed by atoms with van der Waals surface area (Å²) in [4.78, 5) is 18.8. The number of hydrogen-bond donors (Lipinski definition) is 0. The Kier molecular flexibility index (Phi) is 5.09. The minimum Gasteiger partial charge on any atom is -0.497 e. The first-order valence-corrected chi connectivity index (χ1v) is 9.51. The minimum atomic E-state index is -0.00382. The SMILES string of the molecule is COc1ccc(N2CCN(c3ccc(C(=O)N4CCCC4)nn3)CC2)cc1. The molecule has 2 aromatic rings. The van der Waals surface area contributed by atoms with E-state index >= 15 is 0 Å². The summed E-state index contributed by atoms with van der Waals surface area (Å²) >= 11 is 0. The van der Waals surface area contributed by atoms with Gasteiger partial charge in [0.1, 0.15) is 5.75 Å². The lowest BCUT2D eigenvalue weighted by molar-refractivity contribution is 0.0786. The Morgan fingerprint density at radius 3 is 2.11 bits per heavy atom. The van der Waals surface area contributed by atoms with Crippen LogP contribution in [0.5, 0.6) is 5.75 Å². The first-order chi connectivity index (χ1) is 13.2. The van der Waals surface area contributed by atoms with Crippen LogP contribution in [0.25, 0.3) is 0 Å². The van der Waals surface area contributed by atoms with E-state index in [1.54, 1.807) is 13.2 Å². The lowest BCUT2D eigenvalue weighted by atomic mass is 10.2. The van der Waals surface area contributed by atoms with Crippen molar-refractivity contribution in [3.8, 4) is 5.75 Å². The van der Waals surface area contributed by atoms with Crippen LogP contribution in [0.1, 0.15) is 23.3 Å². The second-order valence-corrected chi connectivity index (χ2v) is 6.95. The van der Waals surface area contributed by atoms with Gasteiger partial charge in [0.2, 0.25) is 0 Å². The highest BCUT2D eigenvalue weighted by molar-refractivity contribution is 5.92. The lowest BCUT2D eigenvalue weighted by Crippen LogP contribution is -2.47. The van der Waals surface area contributed by atoms with Crippen molar-refractivity contribution in [2.75, 3.05) is 56.2 Å². The van der Waals surface area contributed by atoms with Crippen molar-refractivity contribution in [1.82, 2.24) is 15.1 Å². The number of amides is 1. The zero-order chi connectivity index (χ0) is 18.6. The average molecular weight is 367 g/mol. The number of ether oxygens (including phenoxy) is 1. The van der Waals surface area contributed by atoms with Gasteiger partial charge in [-0.25, -0.2) is 0 Å². The highest BCUT2D eigenvalue weighted by Crippen LogP contribution is 2.22. The molecule has 0 aliphatic carbocycles. The molecule has 4 rings (SSSR count). The molecule has 0 radical (unpaired) electrons. The number of hydrogen-bond acceptors (Lipinski definition) is 6. The minimum absolute atomic E-state index is 0.00382. The zero-order valence-electron chi connectivity index (χ0n) is 15.7. The van der Waals surface area contributed by atoms with Gasteiger partial charge < -0.3 is 19.4 Å². The van der Waals surface area contributed by atoms with Crippen molar-refractivity contribution in [2.24, 2.45) is 0 Å². The summed E-state index contributed by atoms with van der Waals surface area (Å²) in [5, 5.41) is 8.49. The average Bonchev–Trinajstić information content (AvgIpc) is 3.28. The molecule has 1 aromatic heterocycles. The number of anilines is 2. The van der Waals surface area contributed by atoms with Crippen LogP contribution >= 0.6 is 0 Å². The Balaban J connectivity index is 1.35. The van der Waals surface area contributed by atoms with Gasteiger partial charge in [-0.2, -0.15) is 0 Å². The summed E-state index contributed by atoms with van der Waals surface area (Å²) in [6.07, 6.45) is 2.16. The van der Waals surface area contributed by atoms with E-state index in [0.717, 1.165) is 63.7 Å². The standard InChI is InChI=1S/C20H25N5O2/c1-27-17-6-4-16(5-7-17)23-12-14-24(15-13-23)19-9-8-18(21-22-19)20(26)25-10-2-3-11-25/h4-9H,2-3,10-15H2,1H3. The molecule has 0 N–H and O–H groups in total. The molecule has 2 fully saturated rings. The second-order valence-electron chi connectivity index (χ2n) is 6.95. The number of benzene rings is 1. The third-order valence-corrected chi connectivity index (χ3v) is 5.30. The molecule has 0 atom stereocenters. The number of carbonyl (C=O) groups is 1. The Bertz CT molecular complexity index is 764. The number of piperazine rings is 1. The molecule has 7 heteroatoms. The van der Waals surface area contributed by atoms with Crippen LogP contribution in [0.4, 0.5) is 11.5 Å². The fourth-order valence-corrected chi connectivity index (χ4v) is 3.68. The monoisotopic (exact) mass is 367 g/mol. The molecule has 0 bridgehead atoms. The summed E-state index contributed by atoms with van der Waals surface area (Å²) in [6.45, 7) is 5.25. The number of likely N-dealkylation sites (tertiary alicyclic amines) is 1. The van der Waals surface area contributed by atoms with E-state index < -0.39 is 0 Å². The van der Waals surface area contributed by atoms with Gasteiger partial charge in [0.25, 0.3) is 5.91 Å². The Labute approximate surface area is 159 Å². The molecule has 2 aliphatic heterocycles. The van der Waals surface area contributed by atoms with E-state index in [2.05, 4.69) is 32.1 Å². The van der Waals surface area contributed by atoms with Gasteiger partial charge in [-0.3, -0.25) is 4.79 Å². The van der Waals surface area contributed by atoms with Gasteiger partial charge in [-0.05, 0) is 49.2 Å². The molecule has 3 heterocycles. The first-order valence-electron chi connectivity index (χ1n) is 9.51. The highest BCUT2D eigenvalue weighted by atomic mass is 16.5. The molecule has 0 spiro atoms. The summed E-state index contributed by atoms with van der Waals surface area (Å²) in [7, 11) is 1.68. The van der Waals surface area contributed by atoms with E-state index in [4.69, 9.17) is 4.74 Å². The molecular weight excluding hydrogens is 342 g/mol. The molecule has 7 nitrogen and oxygen atoms in total. The van der Waals surface area contributed by atoms with Crippen LogP contribution in [-0.4, -0.2) is 67.4 Å². The number of carbonyl (C=O) groups excluding carboxylic acids is 1. The number of aromatic nitrogens is 2. The van der Waals surface area contributed by atoms with Crippen LogP contribution in [0.2, 0.25) is 0 Å². The van der Waals surface area contributed by atoms with Crippen molar-refractivity contribution < 1.29 is 9.53 Å². The third-order valence-electron chi connectivity index (χ3n) is 5.30. The normalized spacial score (nSPS) is 17.3. The molecule has 142 valence electrons. The van der Waals surface area contributed by atoms with Gasteiger partial charge >= 0.3 is 0 Å². The number of nitrogens with zero attached hydrogens (tertiary/aromatic N) is 5. The predicted octanol–water partition coefficient (Wildman–Crippen LogP) is 2.05. The summed E-state index contributed by atoms with van der Waals surface area (Å²) in [5.41, 5.74) is 1.64. The second kappa shape index (κ2) is 7.82. The number of rotatable bonds is 4. The van der Waals surface area contributed by atoms with E-state index in [9.17, 15) is 4.79 Å². The van der Waals surface area contributed by atoms with Crippen molar-refractivity contribution in [1.29, 1.82) is 0 Å². The lowest BCUT2D eigenvalue weighted by Gasteiger charge is -2.36. The largest absolute Gasteiger partial charge is 0.497 e. The summed E-state index contributed by atoms with van der Waals surface area (Å²) < 4.78 is 5.22. The summed E-state index contributed by atoms with van der Waals surface area (Å²) in [5.74, 6) is 1.70. The third kappa shape index (κ3) is 3.82. The van der Waals surface area contributed by atoms with Gasteiger partial charge in [-0.1, -0.05) is 0 Å². The highest BCUT2D eigenvalue weighted by Gasteiger charge is 2.22. The zero-order valence-corrected chi connectivity index (χ0v) is 15.7. The first kappa shape index (κ1) is 17.6. The van der Waals surface area contributed by atoms with Crippen molar-refractivity contribution in [3.05, 3.63) is 42.1 Å². The molecule has 2 aliphatic rings. The molecular formula is C20H25N5O2. The molecule has 2 saturated heterocycles. The van der Waals surface area contributed by atoms with Gasteiger partial charge in [0.05, 0.1) is 7.11 Å². The van der Waals surface area contributed by atoms with Crippen molar-refractivity contribution in [3.63, 3.8) is 0 Å².